The van der Waals surface area contributed by atoms with Gasteiger partial charge in [-0.15, -0.1) is 0 Å². The number of hydrogen-bond donors (Lipinski definition) is 0. The van der Waals surface area contributed by atoms with Crippen LogP contribution in [0.5, 0.6) is 0 Å². The number of hydrogen-bond acceptors (Lipinski definition) is 1. The van der Waals surface area contributed by atoms with Crippen LogP contribution in [0.25, 0.3) is 0 Å². The predicted octanol–water partition coefficient (Wildman–Crippen LogP) is 2.24. The Bertz CT molecular complexity index is 187. The molecule has 0 unspecified atom stereocenters. The van der Waals surface area contributed by atoms with Crippen LogP contribution in [-0.2, 0) is 11.3 Å². The molecule has 0 aromatic heterocycles. The van der Waals surface area contributed by atoms with E-state index >= 15 is 0 Å². The molecular weight excluding hydrogens is 172 g/mol. The van der Waals surface area contributed by atoms with Crippen molar-refractivity contribution in [1.82, 2.24) is 0 Å². The number of ether oxygens (including phenoxy) is 1. The Morgan fingerprint density at radius 3 is 2.45 bits per heavy atom. The molecule has 0 bridgehead atoms. The Balaban J connectivity index is -0.000000333. The first-order valence-electron chi connectivity index (χ1n) is 3.11. The quantitative estimate of drug-likeness (QED) is 0.515. The molecule has 0 aliphatic heterocycles. The monoisotopic (exact) mass is 182 g/mol. The van der Waals surface area contributed by atoms with Gasteiger partial charge in [0.2, 0.25) is 0 Å². The average molecular weight is 183 g/mol. The van der Waals surface area contributed by atoms with Crippen LogP contribution in [0.3, 0.4) is 0 Å². The summed E-state index contributed by atoms with van der Waals surface area (Å²) in [7, 11) is 0. The van der Waals surface area contributed by atoms with Crippen LogP contribution in [0.15, 0.2) is 30.3 Å². The van der Waals surface area contributed by atoms with Gasteiger partial charge in [-0.25, -0.2) is 0 Å². The SMILES string of the molecule is ClCOCc1ccccc1.[H-].[H-].[Mg+2]. The molecule has 0 atom stereocenters. The first kappa shape index (κ1) is 11.2. The first-order valence-corrected chi connectivity index (χ1v) is 3.64. The largest absolute Gasteiger partial charge is 2.00 e. The second-order valence-corrected chi connectivity index (χ2v) is 2.16. The second-order valence-electron chi connectivity index (χ2n) is 1.94. The topological polar surface area (TPSA) is 9.23 Å². The fraction of sp³-hybridized carbons (Fsp3) is 0.250. The zero-order valence-electron chi connectivity index (χ0n) is 8.29. The Labute approximate surface area is 90.8 Å². The molecule has 0 radical (unpaired) electrons. The molecule has 58 valence electrons. The molecule has 1 aromatic rings. The summed E-state index contributed by atoms with van der Waals surface area (Å²) in [4.78, 5) is 0. The molecule has 0 aliphatic carbocycles. The Morgan fingerprint density at radius 2 is 1.91 bits per heavy atom. The van der Waals surface area contributed by atoms with Gasteiger partial charge in [0.25, 0.3) is 0 Å². The summed E-state index contributed by atoms with van der Waals surface area (Å²) < 4.78 is 4.98. The zero-order valence-corrected chi connectivity index (χ0v) is 8.46. The molecule has 0 amide bonds. The van der Waals surface area contributed by atoms with Crippen molar-refractivity contribution in [3.8, 4) is 0 Å². The fourth-order valence-electron chi connectivity index (χ4n) is 0.731. The van der Waals surface area contributed by atoms with Crippen LogP contribution in [-0.4, -0.2) is 29.1 Å². The minimum absolute atomic E-state index is 0. The molecule has 0 N–H and O–H groups in total. The van der Waals surface area contributed by atoms with Crippen LogP contribution in [0.1, 0.15) is 8.42 Å². The van der Waals surface area contributed by atoms with E-state index in [0.717, 1.165) is 5.56 Å². The summed E-state index contributed by atoms with van der Waals surface area (Å²) in [6, 6.07) is 10.2. The van der Waals surface area contributed by atoms with Gasteiger partial charge in [0, 0.05) is 0 Å². The van der Waals surface area contributed by atoms with Gasteiger partial charge in [-0.3, -0.25) is 0 Å². The zero-order chi connectivity index (χ0) is 7.23. The van der Waals surface area contributed by atoms with Gasteiger partial charge >= 0.3 is 23.1 Å². The van der Waals surface area contributed by atoms with E-state index in [0.29, 0.717) is 6.61 Å². The molecule has 0 heterocycles. The predicted molar refractivity (Wildman–Crippen MR) is 49.9 cm³/mol. The third kappa shape index (κ3) is 4.64. The van der Waals surface area contributed by atoms with Crippen molar-refractivity contribution in [3.63, 3.8) is 0 Å². The summed E-state index contributed by atoms with van der Waals surface area (Å²) in [6.07, 6.45) is 0. The maximum absolute atomic E-state index is 5.33. The maximum atomic E-state index is 5.33. The van der Waals surface area contributed by atoms with E-state index in [2.05, 4.69) is 0 Å². The van der Waals surface area contributed by atoms with E-state index in [1.165, 1.54) is 0 Å². The van der Waals surface area contributed by atoms with E-state index < -0.39 is 0 Å². The molecule has 11 heavy (non-hydrogen) atoms. The van der Waals surface area contributed by atoms with Crippen LogP contribution < -0.4 is 0 Å². The first-order chi connectivity index (χ1) is 4.93. The van der Waals surface area contributed by atoms with Gasteiger partial charge < -0.3 is 7.59 Å². The summed E-state index contributed by atoms with van der Waals surface area (Å²) in [5.41, 5.74) is 1.16. The van der Waals surface area contributed by atoms with E-state index in [1.54, 1.807) is 0 Å². The fourth-order valence-corrected chi connectivity index (χ4v) is 0.808. The number of halogens is 1. The number of alkyl halides is 1. The molecule has 0 saturated carbocycles. The van der Waals surface area contributed by atoms with Gasteiger partial charge in [-0.2, -0.15) is 0 Å². The minimum atomic E-state index is 0. The normalized spacial score (nSPS) is 8.82. The van der Waals surface area contributed by atoms with Crippen LogP contribution in [0, 0.1) is 0 Å². The number of benzene rings is 1. The van der Waals surface area contributed by atoms with Crippen molar-refractivity contribution in [3.05, 3.63) is 35.9 Å². The van der Waals surface area contributed by atoms with E-state index in [-0.39, 0.29) is 32.0 Å². The van der Waals surface area contributed by atoms with Gasteiger partial charge in [0.15, 0.2) is 0 Å². The van der Waals surface area contributed by atoms with Crippen molar-refractivity contribution in [1.29, 1.82) is 0 Å². The van der Waals surface area contributed by atoms with Crippen LogP contribution in [0.2, 0.25) is 0 Å². The minimum Gasteiger partial charge on any atom is -1.00 e. The third-order valence-electron chi connectivity index (χ3n) is 1.19. The van der Waals surface area contributed by atoms with Gasteiger partial charge in [-0.1, -0.05) is 41.9 Å². The Morgan fingerprint density at radius 1 is 1.27 bits per heavy atom. The van der Waals surface area contributed by atoms with Crippen molar-refractivity contribution < 1.29 is 7.59 Å². The van der Waals surface area contributed by atoms with Gasteiger partial charge in [-0.05, 0) is 5.56 Å². The standard InChI is InChI=1S/C8H9ClO.Mg.2H/c9-7-10-6-8-4-2-1-3-5-8;;;/h1-5H,6-7H2;;;/q;+2;2*-1. The molecule has 0 aliphatic rings. The number of rotatable bonds is 3. The maximum Gasteiger partial charge on any atom is 2.00 e. The molecule has 1 nitrogen and oxygen atoms in total. The molecule has 0 fully saturated rings. The summed E-state index contributed by atoms with van der Waals surface area (Å²) in [5, 5.41) is 0. The molecule has 3 heteroatoms. The van der Waals surface area contributed by atoms with Crippen molar-refractivity contribution in [2.24, 2.45) is 0 Å². The molecule has 1 rings (SSSR count). The van der Waals surface area contributed by atoms with Crippen molar-refractivity contribution in [2.45, 2.75) is 6.61 Å². The summed E-state index contributed by atoms with van der Waals surface area (Å²) in [5.74, 6) is 0. The van der Waals surface area contributed by atoms with E-state index in [1.807, 2.05) is 30.3 Å². The Kier molecular flexibility index (Phi) is 7.07. The molecular formula is C8H11ClMgO. The van der Waals surface area contributed by atoms with E-state index in [4.69, 9.17) is 16.3 Å². The molecule has 0 saturated heterocycles. The van der Waals surface area contributed by atoms with Crippen molar-refractivity contribution >= 4 is 34.7 Å². The van der Waals surface area contributed by atoms with Crippen LogP contribution >= 0.6 is 11.6 Å². The second kappa shape index (κ2) is 6.92. The molecule has 1 aromatic carbocycles. The van der Waals surface area contributed by atoms with Gasteiger partial charge in [0.1, 0.15) is 6.07 Å². The van der Waals surface area contributed by atoms with Crippen LogP contribution in [0.4, 0.5) is 0 Å². The van der Waals surface area contributed by atoms with Gasteiger partial charge in [0.05, 0.1) is 6.61 Å². The van der Waals surface area contributed by atoms with E-state index in [9.17, 15) is 0 Å². The summed E-state index contributed by atoms with van der Waals surface area (Å²) >= 11 is 5.33. The average Bonchev–Trinajstić information content (AvgIpc) is 2.03. The molecule has 0 spiro atoms. The Hall–Kier alpha value is 0.236. The summed E-state index contributed by atoms with van der Waals surface area (Å²) in [6.45, 7) is 0.602. The smallest absolute Gasteiger partial charge is 1.00 e. The van der Waals surface area contributed by atoms with Crippen molar-refractivity contribution in [2.75, 3.05) is 6.07 Å². The third-order valence-corrected chi connectivity index (χ3v) is 1.34.